The second-order valence-corrected chi connectivity index (χ2v) is 10.0. The van der Waals surface area contributed by atoms with Crippen LogP contribution in [0.1, 0.15) is 67.3 Å². The van der Waals surface area contributed by atoms with E-state index in [1.54, 1.807) is 0 Å². The van der Waals surface area contributed by atoms with E-state index < -0.39 is 5.97 Å². The summed E-state index contributed by atoms with van der Waals surface area (Å²) in [5.41, 5.74) is 4.44. The Hall–Kier alpha value is -3.21. The summed E-state index contributed by atoms with van der Waals surface area (Å²) in [5.74, 6) is -0.323. The molecule has 5 nitrogen and oxygen atoms in total. The van der Waals surface area contributed by atoms with Crippen LogP contribution in [0, 0.1) is 11.3 Å². The van der Waals surface area contributed by atoms with Gasteiger partial charge in [-0.05, 0) is 54.7 Å². The summed E-state index contributed by atoms with van der Waals surface area (Å²) in [7, 11) is 0. The molecule has 0 fully saturated rings. The lowest BCUT2D eigenvalue weighted by Crippen LogP contribution is -2.32. The predicted molar refractivity (Wildman–Crippen MR) is 130 cm³/mol. The number of nitrogens with one attached hydrogen (secondary N) is 1. The smallest absolute Gasteiger partial charge is 0.339 e. The van der Waals surface area contributed by atoms with Crippen molar-refractivity contribution < 1.29 is 14.3 Å². The molecule has 0 unspecified atom stereocenters. The average molecular weight is 445 g/mol. The van der Waals surface area contributed by atoms with Gasteiger partial charge in [0.05, 0.1) is 17.1 Å². The summed E-state index contributed by atoms with van der Waals surface area (Å²) >= 11 is 0. The van der Waals surface area contributed by atoms with Crippen LogP contribution in [0.25, 0.3) is 10.9 Å². The monoisotopic (exact) mass is 444 g/mol. The maximum atomic E-state index is 13.3. The van der Waals surface area contributed by atoms with Crippen LogP contribution < -0.4 is 5.32 Å². The normalized spacial score (nSPS) is 16.7. The molecular weight excluding hydrogens is 412 g/mol. The Morgan fingerprint density at radius 2 is 1.79 bits per heavy atom. The number of esters is 1. The molecule has 2 aromatic carbocycles. The maximum absolute atomic E-state index is 13.3. The molecule has 172 valence electrons. The molecule has 0 saturated carbocycles. The molecule has 1 aliphatic rings. The van der Waals surface area contributed by atoms with Crippen molar-refractivity contribution in [2.45, 2.75) is 53.0 Å². The fourth-order valence-electron chi connectivity index (χ4n) is 4.67. The molecule has 3 aromatic rings. The van der Waals surface area contributed by atoms with Crippen LogP contribution in [0.2, 0.25) is 0 Å². The zero-order valence-corrected chi connectivity index (χ0v) is 19.9. The Morgan fingerprint density at radius 1 is 1.09 bits per heavy atom. The highest BCUT2D eigenvalue weighted by Gasteiger charge is 2.33. The quantitative estimate of drug-likeness (QED) is 0.534. The van der Waals surface area contributed by atoms with E-state index in [0.29, 0.717) is 11.5 Å². The summed E-state index contributed by atoms with van der Waals surface area (Å²) in [4.78, 5) is 30.7. The van der Waals surface area contributed by atoms with Gasteiger partial charge in [-0.15, -0.1) is 0 Å². The lowest BCUT2D eigenvalue weighted by molar-refractivity contribution is -0.124. The highest BCUT2D eigenvalue weighted by atomic mass is 16.5. The molecule has 1 aromatic heterocycles. The molecule has 1 N–H and O–H groups in total. The van der Waals surface area contributed by atoms with Crippen molar-refractivity contribution in [3.8, 4) is 0 Å². The van der Waals surface area contributed by atoms with Gasteiger partial charge < -0.3 is 10.1 Å². The molecule has 33 heavy (non-hydrogen) atoms. The number of fused-ring (bicyclic) bond motifs is 2. The Balaban J connectivity index is 1.55. The van der Waals surface area contributed by atoms with Gasteiger partial charge >= 0.3 is 5.97 Å². The molecule has 2 atom stereocenters. The van der Waals surface area contributed by atoms with Gasteiger partial charge in [0.2, 0.25) is 0 Å². The average Bonchev–Trinajstić information content (AvgIpc) is 2.80. The van der Waals surface area contributed by atoms with Crippen molar-refractivity contribution in [1.29, 1.82) is 0 Å². The summed E-state index contributed by atoms with van der Waals surface area (Å²) in [6.45, 7) is 8.33. The van der Waals surface area contributed by atoms with Crippen molar-refractivity contribution in [1.82, 2.24) is 10.3 Å². The van der Waals surface area contributed by atoms with Gasteiger partial charge in [0, 0.05) is 11.1 Å². The van der Waals surface area contributed by atoms with Crippen molar-refractivity contribution in [2.24, 2.45) is 11.3 Å². The van der Waals surface area contributed by atoms with Crippen LogP contribution in [0.15, 0.2) is 54.6 Å². The van der Waals surface area contributed by atoms with Gasteiger partial charge in [-0.2, -0.15) is 0 Å². The van der Waals surface area contributed by atoms with Crippen LogP contribution in [-0.2, 0) is 22.4 Å². The third-order valence-electron chi connectivity index (χ3n) is 6.70. The topological polar surface area (TPSA) is 68.3 Å². The van der Waals surface area contributed by atoms with Gasteiger partial charge in [0.25, 0.3) is 5.91 Å². The molecule has 1 amide bonds. The molecule has 0 saturated heterocycles. The minimum atomic E-state index is -0.457. The number of para-hydroxylation sites is 1. The SMILES string of the molecule is C[C@@H](NC(=O)COC(=O)c1c2c(nc3ccccc13)CC[C@H](C(C)(C)C)C2)c1ccccc1. The van der Waals surface area contributed by atoms with E-state index >= 15 is 0 Å². The molecular formula is C28H32N2O3. The zero-order chi connectivity index (χ0) is 23.6. The third kappa shape index (κ3) is 5.08. The van der Waals surface area contributed by atoms with E-state index in [1.807, 2.05) is 61.5 Å². The van der Waals surface area contributed by atoms with Gasteiger partial charge in [0.1, 0.15) is 0 Å². The molecule has 0 aliphatic heterocycles. The van der Waals surface area contributed by atoms with Crippen LogP contribution >= 0.6 is 0 Å². The zero-order valence-electron chi connectivity index (χ0n) is 19.9. The largest absolute Gasteiger partial charge is 0.452 e. The van der Waals surface area contributed by atoms with Gasteiger partial charge in [0.15, 0.2) is 6.61 Å². The number of carbonyl (C=O) groups is 2. The lowest BCUT2D eigenvalue weighted by atomic mass is 9.70. The number of aromatic nitrogens is 1. The number of rotatable bonds is 5. The number of ether oxygens (including phenoxy) is 1. The molecule has 1 aliphatic carbocycles. The number of benzene rings is 2. The molecule has 5 heteroatoms. The minimum Gasteiger partial charge on any atom is -0.452 e. The number of nitrogens with zero attached hydrogens (tertiary/aromatic N) is 1. The summed E-state index contributed by atoms with van der Waals surface area (Å²) in [5, 5.41) is 3.69. The van der Waals surface area contributed by atoms with Crippen molar-refractivity contribution in [3.63, 3.8) is 0 Å². The van der Waals surface area contributed by atoms with Crippen LogP contribution in [0.5, 0.6) is 0 Å². The second kappa shape index (κ2) is 9.34. The van der Waals surface area contributed by atoms with Crippen LogP contribution in [0.3, 0.4) is 0 Å². The second-order valence-electron chi connectivity index (χ2n) is 10.0. The number of hydrogen-bond donors (Lipinski definition) is 1. The number of hydrogen-bond acceptors (Lipinski definition) is 4. The highest BCUT2D eigenvalue weighted by Crippen LogP contribution is 2.39. The Labute approximate surface area is 195 Å². The number of carbonyl (C=O) groups excluding carboxylic acids is 2. The highest BCUT2D eigenvalue weighted by molar-refractivity contribution is 6.05. The number of amides is 1. The van der Waals surface area contributed by atoms with Crippen LogP contribution in [0.4, 0.5) is 0 Å². The van der Waals surface area contributed by atoms with E-state index in [9.17, 15) is 9.59 Å². The standard InChI is InChI=1S/C28H32N2O3/c1-18(19-10-6-5-7-11-19)29-25(31)17-33-27(32)26-21-12-8-9-13-23(21)30-24-15-14-20(16-22(24)26)28(2,3)4/h5-13,18,20H,14-17H2,1-4H3,(H,29,31)/t18-,20+/m1/s1. The molecule has 4 rings (SSSR count). The lowest BCUT2D eigenvalue weighted by Gasteiger charge is -2.35. The molecule has 1 heterocycles. The first-order valence-corrected chi connectivity index (χ1v) is 11.7. The predicted octanol–water partition coefficient (Wildman–Crippen LogP) is 5.42. The van der Waals surface area contributed by atoms with Gasteiger partial charge in [-0.25, -0.2) is 4.79 Å². The summed E-state index contributed by atoms with van der Waals surface area (Å²) in [6.07, 6.45) is 2.69. The summed E-state index contributed by atoms with van der Waals surface area (Å²) < 4.78 is 5.54. The van der Waals surface area contributed by atoms with E-state index in [4.69, 9.17) is 9.72 Å². The Morgan fingerprint density at radius 3 is 2.52 bits per heavy atom. The number of aryl methyl sites for hydroxylation is 1. The molecule has 0 spiro atoms. The maximum Gasteiger partial charge on any atom is 0.339 e. The van der Waals surface area contributed by atoms with Crippen LogP contribution in [-0.4, -0.2) is 23.5 Å². The van der Waals surface area contributed by atoms with E-state index in [-0.39, 0.29) is 24.0 Å². The van der Waals surface area contributed by atoms with Crippen molar-refractivity contribution >= 4 is 22.8 Å². The van der Waals surface area contributed by atoms with Gasteiger partial charge in [-0.3, -0.25) is 9.78 Å². The number of pyridine rings is 1. The Bertz CT molecular complexity index is 1160. The first-order valence-electron chi connectivity index (χ1n) is 11.7. The third-order valence-corrected chi connectivity index (χ3v) is 6.70. The van der Waals surface area contributed by atoms with Crippen molar-refractivity contribution in [3.05, 3.63) is 77.0 Å². The fraction of sp³-hybridized carbons (Fsp3) is 0.393. The van der Waals surface area contributed by atoms with E-state index in [0.717, 1.165) is 47.0 Å². The summed E-state index contributed by atoms with van der Waals surface area (Å²) in [6, 6.07) is 17.2. The first kappa shape index (κ1) is 23.0. The van der Waals surface area contributed by atoms with E-state index in [2.05, 4.69) is 26.1 Å². The fourth-order valence-corrected chi connectivity index (χ4v) is 4.67. The molecule has 0 radical (unpaired) electrons. The molecule has 0 bridgehead atoms. The van der Waals surface area contributed by atoms with E-state index in [1.165, 1.54) is 0 Å². The first-order chi connectivity index (χ1) is 15.7. The van der Waals surface area contributed by atoms with Crippen molar-refractivity contribution in [2.75, 3.05) is 6.61 Å². The van der Waals surface area contributed by atoms with Gasteiger partial charge in [-0.1, -0.05) is 69.3 Å². The Kier molecular flexibility index (Phi) is 6.50. The minimum absolute atomic E-state index is 0.137.